The van der Waals surface area contributed by atoms with Crippen LogP contribution in [0.2, 0.25) is 0 Å². The number of carbonyl (C=O) groups is 1. The SMILES string of the molecule is COc1ccc(C=NNC(=O)c2ccccc2OC)cc1COc1ccccc1C. The number of nitrogens with one attached hydrogen (secondary N) is 1. The van der Waals surface area contributed by atoms with Crippen molar-refractivity contribution in [3.8, 4) is 17.2 Å². The first-order valence-electron chi connectivity index (χ1n) is 9.44. The molecule has 0 saturated heterocycles. The largest absolute Gasteiger partial charge is 0.496 e. The Kier molecular flexibility index (Phi) is 7.05. The number of para-hydroxylation sites is 2. The highest BCUT2D eigenvalue weighted by atomic mass is 16.5. The molecule has 0 aliphatic heterocycles. The number of ether oxygens (including phenoxy) is 3. The van der Waals surface area contributed by atoms with Crippen LogP contribution in [0.4, 0.5) is 0 Å². The Bertz CT molecular complexity index is 1050. The quantitative estimate of drug-likeness (QED) is 0.448. The molecule has 3 rings (SSSR count). The summed E-state index contributed by atoms with van der Waals surface area (Å²) in [5.74, 6) is 1.69. The summed E-state index contributed by atoms with van der Waals surface area (Å²) in [6.07, 6.45) is 1.57. The Morgan fingerprint density at radius 1 is 0.933 bits per heavy atom. The Morgan fingerprint density at radius 3 is 2.37 bits per heavy atom. The Labute approximate surface area is 176 Å². The normalized spacial score (nSPS) is 10.6. The van der Waals surface area contributed by atoms with Crippen LogP contribution < -0.4 is 19.6 Å². The summed E-state index contributed by atoms with van der Waals surface area (Å²) >= 11 is 0. The van der Waals surface area contributed by atoms with E-state index in [-0.39, 0.29) is 5.91 Å². The average Bonchev–Trinajstić information content (AvgIpc) is 2.78. The van der Waals surface area contributed by atoms with Crippen LogP contribution in [0, 0.1) is 6.92 Å². The van der Waals surface area contributed by atoms with Crippen LogP contribution >= 0.6 is 0 Å². The maximum atomic E-state index is 12.3. The van der Waals surface area contributed by atoms with E-state index >= 15 is 0 Å². The van der Waals surface area contributed by atoms with Gasteiger partial charge in [0, 0.05) is 5.56 Å². The zero-order chi connectivity index (χ0) is 21.3. The molecule has 0 fully saturated rings. The molecule has 1 amide bonds. The highest BCUT2D eigenvalue weighted by Gasteiger charge is 2.10. The Morgan fingerprint density at radius 2 is 1.63 bits per heavy atom. The molecule has 6 heteroatoms. The molecule has 0 bridgehead atoms. The van der Waals surface area contributed by atoms with E-state index in [9.17, 15) is 4.79 Å². The molecule has 3 aromatic rings. The molecule has 30 heavy (non-hydrogen) atoms. The van der Waals surface area contributed by atoms with E-state index in [4.69, 9.17) is 14.2 Å². The van der Waals surface area contributed by atoms with Crippen molar-refractivity contribution < 1.29 is 19.0 Å². The van der Waals surface area contributed by atoms with E-state index in [1.165, 1.54) is 7.11 Å². The molecule has 0 heterocycles. The van der Waals surface area contributed by atoms with E-state index in [1.54, 1.807) is 37.6 Å². The van der Waals surface area contributed by atoms with Gasteiger partial charge in [-0.3, -0.25) is 4.79 Å². The lowest BCUT2D eigenvalue weighted by molar-refractivity contribution is 0.0952. The number of carbonyl (C=O) groups excluding carboxylic acids is 1. The van der Waals surface area contributed by atoms with Crippen molar-refractivity contribution in [2.45, 2.75) is 13.5 Å². The third-order valence-corrected chi connectivity index (χ3v) is 4.51. The molecule has 0 aliphatic carbocycles. The second-order valence-electron chi connectivity index (χ2n) is 6.52. The second-order valence-corrected chi connectivity index (χ2v) is 6.52. The highest BCUT2D eigenvalue weighted by molar-refractivity contribution is 5.97. The van der Waals surface area contributed by atoms with Gasteiger partial charge in [-0.05, 0) is 54.4 Å². The summed E-state index contributed by atoms with van der Waals surface area (Å²) < 4.78 is 16.6. The van der Waals surface area contributed by atoms with Crippen LogP contribution in [0.5, 0.6) is 17.2 Å². The maximum absolute atomic E-state index is 12.3. The van der Waals surface area contributed by atoms with Crippen molar-refractivity contribution in [2.24, 2.45) is 5.10 Å². The van der Waals surface area contributed by atoms with Gasteiger partial charge in [-0.1, -0.05) is 30.3 Å². The second kappa shape index (κ2) is 10.1. The fourth-order valence-corrected chi connectivity index (χ4v) is 2.92. The number of hydrazone groups is 1. The van der Waals surface area contributed by atoms with Gasteiger partial charge < -0.3 is 14.2 Å². The van der Waals surface area contributed by atoms with Crippen LogP contribution in [-0.2, 0) is 6.61 Å². The van der Waals surface area contributed by atoms with Gasteiger partial charge in [-0.25, -0.2) is 5.43 Å². The Hall–Kier alpha value is -3.80. The number of amides is 1. The average molecular weight is 404 g/mol. The number of hydrogen-bond donors (Lipinski definition) is 1. The van der Waals surface area contributed by atoms with Gasteiger partial charge in [0.25, 0.3) is 5.91 Å². The van der Waals surface area contributed by atoms with E-state index in [0.29, 0.717) is 17.9 Å². The Balaban J connectivity index is 1.69. The van der Waals surface area contributed by atoms with Crippen LogP contribution in [0.15, 0.2) is 71.8 Å². The molecule has 0 aromatic heterocycles. The molecule has 0 aliphatic rings. The van der Waals surface area contributed by atoms with E-state index < -0.39 is 0 Å². The van der Waals surface area contributed by atoms with Gasteiger partial charge in [0.15, 0.2) is 0 Å². The number of nitrogens with zero attached hydrogens (tertiary/aromatic N) is 1. The van der Waals surface area contributed by atoms with Crippen LogP contribution in [-0.4, -0.2) is 26.3 Å². The number of aryl methyl sites for hydroxylation is 1. The van der Waals surface area contributed by atoms with Gasteiger partial charge in [0.2, 0.25) is 0 Å². The predicted octanol–water partition coefficient (Wildman–Crippen LogP) is 4.36. The third-order valence-electron chi connectivity index (χ3n) is 4.51. The first-order chi connectivity index (χ1) is 14.6. The lowest BCUT2D eigenvalue weighted by Gasteiger charge is -2.12. The number of benzene rings is 3. The lowest BCUT2D eigenvalue weighted by Crippen LogP contribution is -2.18. The van der Waals surface area contributed by atoms with Crippen molar-refractivity contribution >= 4 is 12.1 Å². The van der Waals surface area contributed by atoms with E-state index in [2.05, 4.69) is 10.5 Å². The third kappa shape index (κ3) is 5.17. The monoisotopic (exact) mass is 404 g/mol. The van der Waals surface area contributed by atoms with E-state index in [0.717, 1.165) is 28.2 Å². The minimum Gasteiger partial charge on any atom is -0.496 e. The van der Waals surface area contributed by atoms with Crippen LogP contribution in [0.3, 0.4) is 0 Å². The highest BCUT2D eigenvalue weighted by Crippen LogP contribution is 2.23. The zero-order valence-corrected chi connectivity index (χ0v) is 17.2. The molecular weight excluding hydrogens is 380 g/mol. The van der Waals surface area contributed by atoms with E-state index in [1.807, 2.05) is 49.4 Å². The first-order valence-corrected chi connectivity index (χ1v) is 9.44. The van der Waals surface area contributed by atoms with Crippen LogP contribution in [0.1, 0.15) is 27.0 Å². The standard InChI is InChI=1S/C24H24N2O4/c1-17-8-4-6-10-21(17)30-16-19-14-18(12-13-22(19)28-2)15-25-26-24(27)20-9-5-7-11-23(20)29-3/h4-15H,16H2,1-3H3,(H,26,27). The minimum atomic E-state index is -0.347. The summed E-state index contributed by atoms with van der Waals surface area (Å²) in [6, 6.07) is 20.4. The smallest absolute Gasteiger partial charge is 0.275 e. The fraction of sp³-hybridized carbons (Fsp3) is 0.167. The van der Waals surface area contributed by atoms with Crippen molar-refractivity contribution in [2.75, 3.05) is 14.2 Å². The molecule has 0 saturated carbocycles. The zero-order valence-electron chi connectivity index (χ0n) is 17.2. The molecule has 154 valence electrons. The minimum absolute atomic E-state index is 0.347. The van der Waals surface area contributed by atoms with Gasteiger partial charge in [0.1, 0.15) is 23.9 Å². The molecule has 6 nitrogen and oxygen atoms in total. The summed E-state index contributed by atoms with van der Waals surface area (Å²) in [5, 5.41) is 4.06. The fourth-order valence-electron chi connectivity index (χ4n) is 2.92. The predicted molar refractivity (Wildman–Crippen MR) is 117 cm³/mol. The van der Waals surface area contributed by atoms with Crippen molar-refractivity contribution in [1.82, 2.24) is 5.43 Å². The molecular formula is C24H24N2O4. The molecule has 0 radical (unpaired) electrons. The summed E-state index contributed by atoms with van der Waals surface area (Å²) in [4.78, 5) is 12.3. The van der Waals surface area contributed by atoms with Gasteiger partial charge in [0.05, 0.1) is 26.0 Å². The van der Waals surface area contributed by atoms with Crippen molar-refractivity contribution in [3.05, 3.63) is 89.0 Å². The van der Waals surface area contributed by atoms with Crippen LogP contribution in [0.25, 0.3) is 0 Å². The topological polar surface area (TPSA) is 69.2 Å². The van der Waals surface area contributed by atoms with Gasteiger partial charge in [-0.15, -0.1) is 0 Å². The first kappa shape index (κ1) is 20.9. The summed E-state index contributed by atoms with van der Waals surface area (Å²) in [6.45, 7) is 2.35. The lowest BCUT2D eigenvalue weighted by atomic mass is 10.1. The van der Waals surface area contributed by atoms with Crippen molar-refractivity contribution in [1.29, 1.82) is 0 Å². The molecule has 1 N–H and O–H groups in total. The van der Waals surface area contributed by atoms with Gasteiger partial charge in [-0.2, -0.15) is 5.10 Å². The maximum Gasteiger partial charge on any atom is 0.275 e. The molecule has 0 atom stereocenters. The number of rotatable bonds is 8. The molecule has 3 aromatic carbocycles. The summed E-state index contributed by atoms with van der Waals surface area (Å²) in [7, 11) is 3.14. The van der Waals surface area contributed by atoms with Crippen molar-refractivity contribution in [3.63, 3.8) is 0 Å². The molecule has 0 spiro atoms. The summed E-state index contributed by atoms with van der Waals surface area (Å²) in [5.41, 5.74) is 5.68. The van der Waals surface area contributed by atoms with Gasteiger partial charge >= 0.3 is 0 Å². The number of hydrogen-bond acceptors (Lipinski definition) is 5. The molecule has 0 unspecified atom stereocenters. The number of methoxy groups -OCH3 is 2.